The molecule has 0 bridgehead atoms. The van der Waals surface area contributed by atoms with Gasteiger partial charge in [-0.25, -0.2) is 4.79 Å². The van der Waals surface area contributed by atoms with Crippen LogP contribution in [0.1, 0.15) is 31.2 Å². The first kappa shape index (κ1) is 15.0. The Morgan fingerprint density at radius 1 is 1.05 bits per heavy atom. The summed E-state index contributed by atoms with van der Waals surface area (Å²) in [7, 11) is 0. The van der Waals surface area contributed by atoms with E-state index in [9.17, 15) is 14.7 Å². The standard InChI is InChI=1S/C17H22N2O3/c20-16(19-11-5-9-15(19)17(21)22)14-8-4-10-18(14)12-13-6-2-1-3-7-13/h1-3,6-7,14-15H,4-5,8-12H2,(H,21,22)/t14-,15-/m0/s1. The Labute approximate surface area is 130 Å². The SMILES string of the molecule is O=C(O)[C@@H]1CCCN1C(=O)[C@@H]1CCCN1Cc1ccccc1. The van der Waals surface area contributed by atoms with E-state index < -0.39 is 12.0 Å². The van der Waals surface area contributed by atoms with Gasteiger partial charge in [0.25, 0.3) is 0 Å². The van der Waals surface area contributed by atoms with Crippen LogP contribution in [-0.2, 0) is 16.1 Å². The molecule has 2 fully saturated rings. The van der Waals surface area contributed by atoms with Gasteiger partial charge in [0, 0.05) is 13.1 Å². The third kappa shape index (κ3) is 2.99. The molecule has 1 N–H and O–H groups in total. The van der Waals surface area contributed by atoms with Crippen LogP contribution in [0.2, 0.25) is 0 Å². The zero-order chi connectivity index (χ0) is 15.5. The predicted octanol–water partition coefficient (Wildman–Crippen LogP) is 1.73. The van der Waals surface area contributed by atoms with Crippen LogP contribution in [0.4, 0.5) is 0 Å². The van der Waals surface area contributed by atoms with E-state index in [1.165, 1.54) is 5.56 Å². The van der Waals surface area contributed by atoms with Crippen molar-refractivity contribution in [2.45, 2.75) is 44.3 Å². The Bertz CT molecular complexity index is 546. The normalized spacial score (nSPS) is 25.5. The van der Waals surface area contributed by atoms with E-state index in [4.69, 9.17) is 0 Å². The van der Waals surface area contributed by atoms with Crippen molar-refractivity contribution in [2.24, 2.45) is 0 Å². The molecule has 2 saturated heterocycles. The van der Waals surface area contributed by atoms with Crippen LogP contribution in [0.15, 0.2) is 30.3 Å². The van der Waals surface area contributed by atoms with Gasteiger partial charge in [0.2, 0.25) is 5.91 Å². The molecule has 1 aromatic carbocycles. The molecular weight excluding hydrogens is 280 g/mol. The summed E-state index contributed by atoms with van der Waals surface area (Å²) in [6, 6.07) is 9.32. The third-order valence-corrected chi connectivity index (χ3v) is 4.70. The number of hydrogen-bond acceptors (Lipinski definition) is 3. The van der Waals surface area contributed by atoms with Gasteiger partial charge in [0.15, 0.2) is 0 Å². The van der Waals surface area contributed by atoms with Crippen molar-refractivity contribution in [3.8, 4) is 0 Å². The second-order valence-corrected chi connectivity index (χ2v) is 6.14. The predicted molar refractivity (Wildman–Crippen MR) is 82.2 cm³/mol. The van der Waals surface area contributed by atoms with Gasteiger partial charge < -0.3 is 10.0 Å². The molecule has 1 amide bonds. The highest BCUT2D eigenvalue weighted by Gasteiger charge is 2.40. The molecule has 0 aliphatic carbocycles. The molecule has 5 nitrogen and oxygen atoms in total. The van der Waals surface area contributed by atoms with Gasteiger partial charge in [-0.2, -0.15) is 0 Å². The number of aliphatic carboxylic acids is 1. The lowest BCUT2D eigenvalue weighted by Crippen LogP contribution is -2.49. The van der Waals surface area contributed by atoms with E-state index in [1.54, 1.807) is 4.90 Å². The smallest absolute Gasteiger partial charge is 0.326 e. The first-order valence-electron chi connectivity index (χ1n) is 7.98. The summed E-state index contributed by atoms with van der Waals surface area (Å²) in [6.07, 6.45) is 3.18. The third-order valence-electron chi connectivity index (χ3n) is 4.70. The summed E-state index contributed by atoms with van der Waals surface area (Å²) >= 11 is 0. The van der Waals surface area contributed by atoms with E-state index >= 15 is 0 Å². The minimum absolute atomic E-state index is 0.00155. The van der Waals surface area contributed by atoms with Crippen molar-refractivity contribution in [1.82, 2.24) is 9.80 Å². The van der Waals surface area contributed by atoms with E-state index in [-0.39, 0.29) is 11.9 Å². The minimum Gasteiger partial charge on any atom is -0.480 e. The second-order valence-electron chi connectivity index (χ2n) is 6.14. The number of likely N-dealkylation sites (tertiary alicyclic amines) is 2. The zero-order valence-electron chi connectivity index (χ0n) is 12.6. The van der Waals surface area contributed by atoms with Gasteiger partial charge in [0.1, 0.15) is 6.04 Å². The summed E-state index contributed by atoms with van der Waals surface area (Å²) in [5.41, 5.74) is 1.19. The molecule has 118 valence electrons. The first-order chi connectivity index (χ1) is 10.7. The molecule has 0 aromatic heterocycles. The molecule has 0 spiro atoms. The lowest BCUT2D eigenvalue weighted by atomic mass is 10.1. The van der Waals surface area contributed by atoms with Gasteiger partial charge in [-0.15, -0.1) is 0 Å². The molecule has 0 unspecified atom stereocenters. The van der Waals surface area contributed by atoms with Gasteiger partial charge >= 0.3 is 5.97 Å². The molecule has 0 saturated carbocycles. The van der Waals surface area contributed by atoms with Gasteiger partial charge in [-0.3, -0.25) is 9.69 Å². The van der Waals surface area contributed by atoms with E-state index in [1.807, 2.05) is 18.2 Å². The first-order valence-corrected chi connectivity index (χ1v) is 7.98. The molecule has 2 aliphatic heterocycles. The van der Waals surface area contributed by atoms with Crippen LogP contribution in [0, 0.1) is 0 Å². The lowest BCUT2D eigenvalue weighted by Gasteiger charge is -2.30. The maximum Gasteiger partial charge on any atom is 0.326 e. The lowest BCUT2D eigenvalue weighted by molar-refractivity contribution is -0.150. The maximum absolute atomic E-state index is 12.8. The highest BCUT2D eigenvalue weighted by atomic mass is 16.4. The van der Waals surface area contributed by atoms with Crippen molar-refractivity contribution in [1.29, 1.82) is 0 Å². The average Bonchev–Trinajstić information content (AvgIpc) is 3.16. The van der Waals surface area contributed by atoms with Crippen LogP contribution in [0.25, 0.3) is 0 Å². The molecule has 0 radical (unpaired) electrons. The summed E-state index contributed by atoms with van der Waals surface area (Å²) < 4.78 is 0. The Kier molecular flexibility index (Phi) is 4.43. The van der Waals surface area contributed by atoms with Crippen LogP contribution in [0.3, 0.4) is 0 Å². The number of carboxylic acid groups (broad SMARTS) is 1. The molecule has 1 aromatic rings. The minimum atomic E-state index is -0.876. The van der Waals surface area contributed by atoms with Crippen molar-refractivity contribution in [3.63, 3.8) is 0 Å². The summed E-state index contributed by atoms with van der Waals surface area (Å²) in [6.45, 7) is 2.23. The Morgan fingerprint density at radius 2 is 1.73 bits per heavy atom. The highest BCUT2D eigenvalue weighted by molar-refractivity contribution is 5.87. The number of hydrogen-bond donors (Lipinski definition) is 1. The van der Waals surface area contributed by atoms with E-state index in [0.29, 0.717) is 13.0 Å². The number of carbonyl (C=O) groups is 2. The number of amides is 1. The van der Waals surface area contributed by atoms with Gasteiger partial charge in [-0.05, 0) is 37.8 Å². The fourth-order valence-corrected chi connectivity index (χ4v) is 3.59. The van der Waals surface area contributed by atoms with Gasteiger partial charge in [-0.1, -0.05) is 30.3 Å². The number of carboxylic acids is 1. The van der Waals surface area contributed by atoms with E-state index in [2.05, 4.69) is 17.0 Å². The molecule has 22 heavy (non-hydrogen) atoms. The van der Waals surface area contributed by atoms with Crippen molar-refractivity contribution >= 4 is 11.9 Å². The molecule has 2 heterocycles. The zero-order valence-corrected chi connectivity index (χ0v) is 12.6. The Balaban J connectivity index is 1.70. The monoisotopic (exact) mass is 302 g/mol. The molecule has 5 heteroatoms. The van der Waals surface area contributed by atoms with Gasteiger partial charge in [0.05, 0.1) is 6.04 Å². The Morgan fingerprint density at radius 3 is 2.45 bits per heavy atom. The average molecular weight is 302 g/mol. The second kappa shape index (κ2) is 6.48. The number of nitrogens with zero attached hydrogens (tertiary/aromatic N) is 2. The van der Waals surface area contributed by atoms with E-state index in [0.717, 1.165) is 32.4 Å². The summed E-state index contributed by atoms with van der Waals surface area (Å²) in [5, 5.41) is 9.27. The number of benzene rings is 1. The molecule has 2 atom stereocenters. The van der Waals surface area contributed by atoms with Crippen molar-refractivity contribution < 1.29 is 14.7 Å². The molecule has 2 aliphatic rings. The molecule has 3 rings (SSSR count). The summed E-state index contributed by atoms with van der Waals surface area (Å²) in [5.74, 6) is -0.878. The Hall–Kier alpha value is -1.88. The fraction of sp³-hybridized carbons (Fsp3) is 0.529. The van der Waals surface area contributed by atoms with Crippen molar-refractivity contribution in [3.05, 3.63) is 35.9 Å². The van der Waals surface area contributed by atoms with Crippen LogP contribution < -0.4 is 0 Å². The number of rotatable bonds is 4. The quantitative estimate of drug-likeness (QED) is 0.920. The maximum atomic E-state index is 12.8. The molecular formula is C17H22N2O3. The van der Waals surface area contributed by atoms with Crippen LogP contribution >= 0.6 is 0 Å². The summed E-state index contributed by atoms with van der Waals surface area (Å²) in [4.78, 5) is 27.8. The van der Waals surface area contributed by atoms with Crippen LogP contribution in [-0.4, -0.2) is 52.0 Å². The topological polar surface area (TPSA) is 60.9 Å². The van der Waals surface area contributed by atoms with Crippen molar-refractivity contribution in [2.75, 3.05) is 13.1 Å². The number of carbonyl (C=O) groups excluding carboxylic acids is 1. The van der Waals surface area contributed by atoms with Crippen LogP contribution in [0.5, 0.6) is 0 Å². The highest BCUT2D eigenvalue weighted by Crippen LogP contribution is 2.26. The largest absolute Gasteiger partial charge is 0.480 e. The fourth-order valence-electron chi connectivity index (χ4n) is 3.59.